The lowest BCUT2D eigenvalue weighted by Gasteiger charge is -2.18. The maximum Gasteiger partial charge on any atom is 0.235 e. The summed E-state index contributed by atoms with van der Waals surface area (Å²) in [6, 6.07) is 11.3. The summed E-state index contributed by atoms with van der Waals surface area (Å²) in [4.78, 5) is 20.2. The molecule has 4 rings (SSSR count). The molecule has 1 aliphatic rings. The molecule has 2 N–H and O–H groups in total. The molecule has 1 aromatic heterocycles. The number of carbonyl (C=O) groups excluding carboxylic acids is 1. The molecule has 0 unspecified atom stereocenters. The predicted octanol–water partition coefficient (Wildman–Crippen LogP) is 3.25. The Morgan fingerprint density at radius 2 is 1.92 bits per heavy atom. The number of imidazole rings is 1. The van der Waals surface area contributed by atoms with Crippen LogP contribution in [0.2, 0.25) is 0 Å². The van der Waals surface area contributed by atoms with Gasteiger partial charge in [0.1, 0.15) is 0 Å². The van der Waals surface area contributed by atoms with Gasteiger partial charge in [-0.25, -0.2) is 4.98 Å². The number of hydrogen-bond donors (Lipinski definition) is 2. The monoisotopic (exact) mass is 337 g/mol. The number of aromatic amines is 1. The number of anilines is 1. The van der Waals surface area contributed by atoms with E-state index in [1.807, 2.05) is 36.4 Å². The Morgan fingerprint density at radius 3 is 2.64 bits per heavy atom. The molecule has 0 bridgehead atoms. The van der Waals surface area contributed by atoms with Crippen LogP contribution in [-0.4, -0.2) is 30.1 Å². The number of nitrogens with zero attached hydrogens (tertiary/aromatic N) is 1. The van der Waals surface area contributed by atoms with E-state index in [2.05, 4.69) is 15.3 Å². The van der Waals surface area contributed by atoms with E-state index in [4.69, 9.17) is 9.47 Å². The molecule has 0 radical (unpaired) electrons. The third-order valence-corrected chi connectivity index (χ3v) is 4.80. The van der Waals surface area contributed by atoms with Crippen LogP contribution in [0.5, 0.6) is 11.5 Å². The summed E-state index contributed by atoms with van der Waals surface area (Å²) in [5, 5.41) is 3.03. The van der Waals surface area contributed by atoms with Crippen LogP contribution >= 0.6 is 0 Å². The molecule has 6 heteroatoms. The fourth-order valence-corrected chi connectivity index (χ4v) is 3.17. The lowest BCUT2D eigenvalue weighted by molar-refractivity contribution is -0.118. The van der Waals surface area contributed by atoms with Crippen molar-refractivity contribution in [3.05, 3.63) is 48.3 Å². The van der Waals surface area contributed by atoms with E-state index in [0.29, 0.717) is 11.5 Å². The first-order valence-corrected chi connectivity index (χ1v) is 8.13. The van der Waals surface area contributed by atoms with Gasteiger partial charge in [0.05, 0.1) is 37.0 Å². The first-order valence-electron chi connectivity index (χ1n) is 8.13. The van der Waals surface area contributed by atoms with Crippen molar-refractivity contribution >= 4 is 22.6 Å². The summed E-state index contributed by atoms with van der Waals surface area (Å²) in [5.41, 5.74) is 2.98. The van der Waals surface area contributed by atoms with Crippen LogP contribution in [0.25, 0.3) is 11.0 Å². The molecule has 0 spiro atoms. The Balaban J connectivity index is 1.60. The van der Waals surface area contributed by atoms with Gasteiger partial charge in [0.25, 0.3) is 0 Å². The average Bonchev–Trinajstić information content (AvgIpc) is 3.33. The van der Waals surface area contributed by atoms with Gasteiger partial charge < -0.3 is 19.8 Å². The van der Waals surface area contributed by atoms with E-state index in [0.717, 1.165) is 35.1 Å². The third kappa shape index (κ3) is 2.59. The van der Waals surface area contributed by atoms with Gasteiger partial charge in [-0.3, -0.25) is 4.79 Å². The second-order valence-electron chi connectivity index (χ2n) is 6.24. The fraction of sp³-hybridized carbons (Fsp3) is 0.263. The van der Waals surface area contributed by atoms with Gasteiger partial charge in [-0.2, -0.15) is 0 Å². The summed E-state index contributed by atoms with van der Waals surface area (Å²) in [5.74, 6) is 1.30. The number of nitrogens with one attached hydrogen (secondary N) is 2. The van der Waals surface area contributed by atoms with E-state index >= 15 is 0 Å². The summed E-state index contributed by atoms with van der Waals surface area (Å²) in [7, 11) is 3.20. The molecule has 1 amide bonds. The molecular formula is C19H19N3O3. The van der Waals surface area contributed by atoms with Crippen LogP contribution in [0.3, 0.4) is 0 Å². The normalized spacial score (nSPS) is 15.0. The smallest absolute Gasteiger partial charge is 0.235 e. The third-order valence-electron chi connectivity index (χ3n) is 4.80. The molecule has 1 heterocycles. The molecule has 3 aromatic rings. The second kappa shape index (κ2) is 5.81. The second-order valence-corrected chi connectivity index (χ2v) is 6.24. The fourth-order valence-electron chi connectivity index (χ4n) is 3.17. The molecule has 2 aromatic carbocycles. The van der Waals surface area contributed by atoms with E-state index < -0.39 is 5.41 Å². The van der Waals surface area contributed by atoms with Gasteiger partial charge in [0, 0.05) is 5.69 Å². The Hall–Kier alpha value is -3.02. The number of fused-ring (bicyclic) bond motifs is 1. The van der Waals surface area contributed by atoms with E-state index in [1.54, 1.807) is 20.5 Å². The number of aromatic nitrogens is 2. The lowest BCUT2D eigenvalue weighted by atomic mass is 9.94. The molecule has 128 valence electrons. The van der Waals surface area contributed by atoms with Crippen molar-refractivity contribution < 1.29 is 14.3 Å². The Kier molecular flexibility index (Phi) is 3.60. The van der Waals surface area contributed by atoms with Crippen molar-refractivity contribution in [3.63, 3.8) is 0 Å². The Labute approximate surface area is 145 Å². The minimum Gasteiger partial charge on any atom is -0.493 e. The van der Waals surface area contributed by atoms with Gasteiger partial charge in [0.15, 0.2) is 11.5 Å². The number of rotatable bonds is 5. The molecule has 1 fully saturated rings. The van der Waals surface area contributed by atoms with Gasteiger partial charge in [-0.15, -0.1) is 0 Å². The first kappa shape index (κ1) is 15.5. The highest BCUT2D eigenvalue weighted by Gasteiger charge is 2.51. The Bertz CT molecular complexity index is 944. The van der Waals surface area contributed by atoms with E-state index in [-0.39, 0.29) is 5.91 Å². The standard InChI is InChI=1S/C19H19N3O3/c1-24-16-6-3-12(9-17(16)25-2)19(7-8-19)18(23)22-13-4-5-14-15(10-13)21-11-20-14/h3-6,9-11H,7-8H2,1-2H3,(H,20,21)(H,22,23). The van der Waals surface area contributed by atoms with Gasteiger partial charge >= 0.3 is 0 Å². The van der Waals surface area contributed by atoms with E-state index in [1.165, 1.54) is 0 Å². The number of H-pyrrole nitrogens is 1. The van der Waals surface area contributed by atoms with Gasteiger partial charge in [0.2, 0.25) is 5.91 Å². The molecule has 1 saturated carbocycles. The number of methoxy groups -OCH3 is 2. The van der Waals surface area contributed by atoms with E-state index in [9.17, 15) is 4.79 Å². The van der Waals surface area contributed by atoms with Gasteiger partial charge in [-0.1, -0.05) is 6.07 Å². The van der Waals surface area contributed by atoms with Crippen LogP contribution < -0.4 is 14.8 Å². The molecule has 1 aliphatic carbocycles. The van der Waals surface area contributed by atoms with Crippen molar-refractivity contribution in [3.8, 4) is 11.5 Å². The molecule has 0 atom stereocenters. The van der Waals surface area contributed by atoms with Crippen molar-refractivity contribution in [1.29, 1.82) is 0 Å². The molecular weight excluding hydrogens is 318 g/mol. The number of hydrogen-bond acceptors (Lipinski definition) is 4. The van der Waals surface area contributed by atoms with Gasteiger partial charge in [-0.05, 0) is 48.7 Å². The number of ether oxygens (including phenoxy) is 2. The zero-order valence-electron chi connectivity index (χ0n) is 14.1. The largest absolute Gasteiger partial charge is 0.493 e. The molecule has 0 aliphatic heterocycles. The first-order chi connectivity index (χ1) is 12.2. The summed E-state index contributed by atoms with van der Waals surface area (Å²) >= 11 is 0. The minimum absolute atomic E-state index is 0.00131. The highest BCUT2D eigenvalue weighted by Crippen LogP contribution is 2.50. The lowest BCUT2D eigenvalue weighted by Crippen LogP contribution is -2.27. The average molecular weight is 337 g/mol. The molecule has 0 saturated heterocycles. The van der Waals surface area contributed by atoms with Crippen molar-refractivity contribution in [2.45, 2.75) is 18.3 Å². The quantitative estimate of drug-likeness (QED) is 0.749. The maximum atomic E-state index is 12.9. The molecule has 6 nitrogen and oxygen atoms in total. The zero-order chi connectivity index (χ0) is 17.4. The van der Waals surface area contributed by atoms with Crippen molar-refractivity contribution in [1.82, 2.24) is 9.97 Å². The topological polar surface area (TPSA) is 76.2 Å². The number of carbonyl (C=O) groups is 1. The SMILES string of the molecule is COc1ccc(C2(C(=O)Nc3ccc4nc[nH]c4c3)CC2)cc1OC. The predicted molar refractivity (Wildman–Crippen MR) is 95.2 cm³/mol. The summed E-state index contributed by atoms with van der Waals surface area (Å²) in [6.07, 6.45) is 3.28. The zero-order valence-corrected chi connectivity index (χ0v) is 14.1. The summed E-state index contributed by atoms with van der Waals surface area (Å²) < 4.78 is 10.6. The summed E-state index contributed by atoms with van der Waals surface area (Å²) in [6.45, 7) is 0. The number of benzene rings is 2. The highest BCUT2D eigenvalue weighted by molar-refractivity contribution is 6.02. The Morgan fingerprint density at radius 1 is 1.12 bits per heavy atom. The minimum atomic E-state index is -0.498. The van der Waals surface area contributed by atoms with Crippen molar-refractivity contribution in [2.24, 2.45) is 0 Å². The van der Waals surface area contributed by atoms with Crippen LogP contribution in [0.15, 0.2) is 42.7 Å². The number of amides is 1. The van der Waals surface area contributed by atoms with Crippen molar-refractivity contribution in [2.75, 3.05) is 19.5 Å². The molecule has 25 heavy (non-hydrogen) atoms. The maximum absolute atomic E-state index is 12.9. The van der Waals surface area contributed by atoms with Crippen LogP contribution in [0, 0.1) is 0 Å². The van der Waals surface area contributed by atoms with Crippen LogP contribution in [0.4, 0.5) is 5.69 Å². The highest BCUT2D eigenvalue weighted by atomic mass is 16.5. The van der Waals surface area contributed by atoms with Crippen LogP contribution in [-0.2, 0) is 10.2 Å². The van der Waals surface area contributed by atoms with Crippen LogP contribution in [0.1, 0.15) is 18.4 Å².